The Labute approximate surface area is 55.1 Å². The number of hydrogen-bond acceptors (Lipinski definition) is 4. The molecule has 2 N–H and O–H groups in total. The van der Waals surface area contributed by atoms with Crippen molar-refractivity contribution in [1.82, 2.24) is 30.9 Å². The Balaban J connectivity index is 2.48. The van der Waals surface area contributed by atoms with Crippen LogP contribution in [0.2, 0.25) is 0 Å². The van der Waals surface area contributed by atoms with Gasteiger partial charge in [0, 0.05) is 5.10 Å². The Kier molecular flexibility index (Phi) is 0.938. The molecule has 0 bridgehead atoms. The van der Waals surface area contributed by atoms with Gasteiger partial charge in [0.25, 0.3) is 12.1 Å². The highest BCUT2D eigenvalue weighted by Crippen LogP contribution is 1.80. The minimum Gasteiger partial charge on any atom is -0.150 e. The fourth-order valence-corrected chi connectivity index (χ4v) is 0.599. The van der Waals surface area contributed by atoms with Gasteiger partial charge in [-0.3, -0.25) is 0 Å². The molecular formula is C3H4N7+. The SMILES string of the molecule is c1n[nH]nc1-[n+]1cnn[nH]1. The highest BCUT2D eigenvalue weighted by atomic mass is 15.6. The molecule has 0 saturated heterocycles. The zero-order valence-electron chi connectivity index (χ0n) is 4.89. The van der Waals surface area contributed by atoms with E-state index >= 15 is 0 Å². The molecule has 0 aliphatic carbocycles. The van der Waals surface area contributed by atoms with Gasteiger partial charge in [-0.25, -0.2) is 0 Å². The fraction of sp³-hybridized carbons (Fsp3) is 0. The number of tetrazole rings is 1. The Bertz CT molecular complexity index is 248. The summed E-state index contributed by atoms with van der Waals surface area (Å²) in [6, 6.07) is 0. The summed E-state index contributed by atoms with van der Waals surface area (Å²) < 4.78 is 1.53. The Morgan fingerprint density at radius 3 is 3.10 bits per heavy atom. The van der Waals surface area contributed by atoms with Crippen LogP contribution in [0, 0.1) is 0 Å². The van der Waals surface area contributed by atoms with Gasteiger partial charge in [0.05, 0.1) is 0 Å². The third-order valence-corrected chi connectivity index (χ3v) is 1.03. The summed E-state index contributed by atoms with van der Waals surface area (Å²) in [5.41, 5.74) is 0. The number of aromatic amines is 2. The quantitative estimate of drug-likeness (QED) is 0.455. The standard InChI is InChI=1S/C3H3N7/c1-3(6-7-4-1)10-2-5-8-9-10/h1-2H,(H,4,6,7)/p+1. The van der Waals surface area contributed by atoms with Crippen molar-refractivity contribution < 1.29 is 4.68 Å². The number of aromatic nitrogens is 7. The molecule has 2 heterocycles. The van der Waals surface area contributed by atoms with Crippen LogP contribution in [0.1, 0.15) is 0 Å². The molecule has 0 radical (unpaired) electrons. The van der Waals surface area contributed by atoms with Crippen LogP contribution < -0.4 is 4.68 Å². The predicted octanol–water partition coefficient (Wildman–Crippen LogP) is -1.80. The molecule has 0 fully saturated rings. The van der Waals surface area contributed by atoms with E-state index in [-0.39, 0.29) is 0 Å². The molecule has 0 aliphatic rings. The maximum atomic E-state index is 3.77. The molecule has 0 spiro atoms. The van der Waals surface area contributed by atoms with Gasteiger partial charge in [-0.2, -0.15) is 5.10 Å². The highest BCUT2D eigenvalue weighted by molar-refractivity contribution is 4.95. The van der Waals surface area contributed by atoms with E-state index in [1.165, 1.54) is 11.0 Å². The molecule has 50 valence electrons. The van der Waals surface area contributed by atoms with E-state index in [1.54, 1.807) is 6.20 Å². The van der Waals surface area contributed by atoms with Gasteiger partial charge in [0.15, 0.2) is 0 Å². The molecule has 0 aromatic carbocycles. The molecule has 2 rings (SSSR count). The van der Waals surface area contributed by atoms with Crippen LogP contribution in [0.5, 0.6) is 0 Å². The molecule has 2 aromatic heterocycles. The lowest BCUT2D eigenvalue weighted by Crippen LogP contribution is -2.32. The van der Waals surface area contributed by atoms with Gasteiger partial charge < -0.3 is 0 Å². The minimum atomic E-state index is 0.630. The highest BCUT2D eigenvalue weighted by Gasteiger charge is 2.04. The van der Waals surface area contributed by atoms with E-state index in [0.29, 0.717) is 5.82 Å². The van der Waals surface area contributed by atoms with Crippen molar-refractivity contribution in [1.29, 1.82) is 0 Å². The van der Waals surface area contributed by atoms with Crippen LogP contribution in [0.3, 0.4) is 0 Å². The predicted molar refractivity (Wildman–Crippen MR) is 27.9 cm³/mol. The summed E-state index contributed by atoms with van der Waals surface area (Å²) in [5, 5.41) is 19.5. The van der Waals surface area contributed by atoms with Crippen molar-refractivity contribution in [3.8, 4) is 5.82 Å². The maximum Gasteiger partial charge on any atom is 0.298 e. The summed E-state index contributed by atoms with van der Waals surface area (Å²) in [6.07, 6.45) is 3.05. The molecule has 0 aliphatic heterocycles. The van der Waals surface area contributed by atoms with Crippen molar-refractivity contribution in [3.63, 3.8) is 0 Å². The van der Waals surface area contributed by atoms with Crippen molar-refractivity contribution in [2.24, 2.45) is 0 Å². The van der Waals surface area contributed by atoms with E-state index in [0.717, 1.165) is 0 Å². The third-order valence-electron chi connectivity index (χ3n) is 1.03. The first-order chi connectivity index (χ1) is 4.97. The number of H-pyrrole nitrogens is 2. The van der Waals surface area contributed by atoms with Crippen LogP contribution >= 0.6 is 0 Å². The molecule has 2 aromatic rings. The van der Waals surface area contributed by atoms with Crippen LogP contribution in [-0.2, 0) is 0 Å². The molecule has 0 saturated carbocycles. The lowest BCUT2D eigenvalue weighted by Gasteiger charge is -1.78. The summed E-state index contributed by atoms with van der Waals surface area (Å²) >= 11 is 0. The Morgan fingerprint density at radius 1 is 1.50 bits per heavy atom. The molecule has 7 nitrogen and oxygen atoms in total. The van der Waals surface area contributed by atoms with Gasteiger partial charge in [0.1, 0.15) is 11.4 Å². The number of hydrogen-bond donors (Lipinski definition) is 2. The lowest BCUT2D eigenvalue weighted by molar-refractivity contribution is -0.664. The van der Waals surface area contributed by atoms with Crippen LogP contribution in [-0.4, -0.2) is 30.9 Å². The average molecular weight is 138 g/mol. The second-order valence-electron chi connectivity index (χ2n) is 1.63. The van der Waals surface area contributed by atoms with Crippen molar-refractivity contribution in [2.75, 3.05) is 0 Å². The van der Waals surface area contributed by atoms with Crippen molar-refractivity contribution in [2.45, 2.75) is 0 Å². The van der Waals surface area contributed by atoms with Crippen LogP contribution in [0.25, 0.3) is 5.82 Å². The fourth-order valence-electron chi connectivity index (χ4n) is 0.599. The topological polar surface area (TPSA) is 87.0 Å². The maximum absolute atomic E-state index is 3.77. The Hall–Kier alpha value is -1.79. The third kappa shape index (κ3) is 0.642. The van der Waals surface area contributed by atoms with E-state index in [1.807, 2.05) is 0 Å². The second kappa shape index (κ2) is 1.87. The first kappa shape index (κ1) is 5.03. The van der Waals surface area contributed by atoms with Crippen molar-refractivity contribution in [3.05, 3.63) is 12.5 Å². The number of nitrogens with zero attached hydrogens (tertiary/aromatic N) is 5. The second-order valence-corrected chi connectivity index (χ2v) is 1.63. The molecule has 0 unspecified atom stereocenters. The monoisotopic (exact) mass is 138 g/mol. The Morgan fingerprint density at radius 2 is 2.50 bits per heavy atom. The molecule has 7 heteroatoms. The van der Waals surface area contributed by atoms with Gasteiger partial charge >= 0.3 is 0 Å². The molecular weight excluding hydrogens is 134 g/mol. The van der Waals surface area contributed by atoms with Gasteiger partial charge in [-0.15, -0.1) is 9.90 Å². The zero-order chi connectivity index (χ0) is 6.81. The lowest BCUT2D eigenvalue weighted by atomic mass is 10.8. The summed E-state index contributed by atoms with van der Waals surface area (Å²) in [7, 11) is 0. The molecule has 0 amide bonds. The molecule has 10 heavy (non-hydrogen) atoms. The van der Waals surface area contributed by atoms with Crippen LogP contribution in [0.4, 0.5) is 0 Å². The smallest absolute Gasteiger partial charge is 0.150 e. The van der Waals surface area contributed by atoms with E-state index in [9.17, 15) is 0 Å². The molecule has 0 atom stereocenters. The van der Waals surface area contributed by atoms with E-state index in [2.05, 4.69) is 30.9 Å². The largest absolute Gasteiger partial charge is 0.298 e. The summed E-state index contributed by atoms with van der Waals surface area (Å²) in [5.74, 6) is 0.630. The van der Waals surface area contributed by atoms with Crippen LogP contribution in [0.15, 0.2) is 12.5 Å². The van der Waals surface area contributed by atoms with Gasteiger partial charge in [0.2, 0.25) is 0 Å². The van der Waals surface area contributed by atoms with Gasteiger partial charge in [-0.05, 0) is 5.10 Å². The number of rotatable bonds is 1. The minimum absolute atomic E-state index is 0.630. The normalized spacial score (nSPS) is 10.0. The van der Waals surface area contributed by atoms with E-state index in [4.69, 9.17) is 0 Å². The van der Waals surface area contributed by atoms with Gasteiger partial charge in [-0.1, -0.05) is 5.21 Å². The first-order valence-corrected chi connectivity index (χ1v) is 2.60. The summed E-state index contributed by atoms with van der Waals surface area (Å²) in [4.78, 5) is 0. The zero-order valence-corrected chi connectivity index (χ0v) is 4.89. The van der Waals surface area contributed by atoms with Crippen molar-refractivity contribution >= 4 is 0 Å². The number of nitrogens with one attached hydrogen (secondary N) is 2. The van der Waals surface area contributed by atoms with E-state index < -0.39 is 0 Å². The first-order valence-electron chi connectivity index (χ1n) is 2.60. The average Bonchev–Trinajstić information content (AvgIpc) is 2.59. The summed E-state index contributed by atoms with van der Waals surface area (Å²) in [6.45, 7) is 0.